The maximum atomic E-state index is 14.3. The first-order valence-electron chi connectivity index (χ1n) is 11.6. The van der Waals surface area contributed by atoms with E-state index in [1.54, 1.807) is 35.4 Å². The van der Waals surface area contributed by atoms with Gasteiger partial charge < -0.3 is 9.32 Å². The van der Waals surface area contributed by atoms with Crippen LogP contribution in [0, 0.1) is 20.8 Å². The minimum atomic E-state index is -1.70. The maximum Gasteiger partial charge on any atom is 0.297 e. The second-order valence-corrected chi connectivity index (χ2v) is 9.18. The molecule has 4 heterocycles. The van der Waals surface area contributed by atoms with Crippen molar-refractivity contribution in [3.8, 4) is 0 Å². The van der Waals surface area contributed by atoms with Crippen LogP contribution in [-0.2, 0) is 10.3 Å². The van der Waals surface area contributed by atoms with Crippen LogP contribution in [0.5, 0.6) is 0 Å². The summed E-state index contributed by atoms with van der Waals surface area (Å²) in [5.74, 6) is -0.753. The lowest BCUT2D eigenvalue weighted by Gasteiger charge is -2.33. The van der Waals surface area contributed by atoms with Crippen LogP contribution in [-0.4, -0.2) is 23.3 Å². The van der Waals surface area contributed by atoms with E-state index in [0.717, 1.165) is 16.7 Å². The standard InChI is InChI=1S/C28H23N3O4/c1-5-30-20-9-7-6-8-19(20)28(27(30)34)23-24(32)18-13-16(3)17(4)14-21(18)35-25(23)26(33)31(28)22-12-15(2)10-11-29-22/h6-14H,5H2,1-4H3. The molecule has 0 N–H and O–H groups in total. The fourth-order valence-electron chi connectivity index (χ4n) is 5.42. The number of aromatic nitrogens is 1. The smallest absolute Gasteiger partial charge is 0.297 e. The van der Waals surface area contributed by atoms with Gasteiger partial charge in [0.2, 0.25) is 5.76 Å². The number of carbonyl (C=O) groups is 2. The number of rotatable bonds is 2. The number of nitrogens with zero attached hydrogens (tertiary/aromatic N) is 3. The van der Waals surface area contributed by atoms with E-state index in [9.17, 15) is 14.4 Å². The Morgan fingerprint density at radius 2 is 1.71 bits per heavy atom. The SMILES string of the molecule is CCN1C(=O)C2(c3ccccc31)c1c(oc3cc(C)c(C)cc3c1=O)C(=O)N2c1cc(C)ccn1. The highest BCUT2D eigenvalue weighted by molar-refractivity contribution is 6.24. The van der Waals surface area contributed by atoms with Crippen LogP contribution in [0.3, 0.4) is 0 Å². The number of likely N-dealkylation sites (N-methyl/N-ethyl adjacent to an activating group) is 1. The van der Waals surface area contributed by atoms with Crippen molar-refractivity contribution in [3.05, 3.63) is 98.5 Å². The molecular formula is C28H23N3O4. The number of benzene rings is 2. The summed E-state index contributed by atoms with van der Waals surface area (Å²) in [7, 11) is 0. The van der Waals surface area contributed by atoms with Crippen molar-refractivity contribution in [1.29, 1.82) is 0 Å². The first-order chi connectivity index (χ1) is 16.8. The van der Waals surface area contributed by atoms with Gasteiger partial charge in [-0.15, -0.1) is 0 Å². The van der Waals surface area contributed by atoms with Crippen molar-refractivity contribution in [1.82, 2.24) is 4.98 Å². The average Bonchev–Trinajstić information content (AvgIpc) is 3.24. The minimum absolute atomic E-state index is 0.0509. The quantitative estimate of drug-likeness (QED) is 0.439. The molecule has 2 aromatic carbocycles. The molecule has 0 aliphatic carbocycles. The normalized spacial score (nSPS) is 18.6. The Balaban J connectivity index is 1.80. The number of hydrogen-bond acceptors (Lipinski definition) is 5. The molecule has 35 heavy (non-hydrogen) atoms. The van der Waals surface area contributed by atoms with Crippen LogP contribution >= 0.6 is 0 Å². The number of fused-ring (bicyclic) bond motifs is 5. The molecule has 0 radical (unpaired) electrons. The number of hydrogen-bond donors (Lipinski definition) is 0. The van der Waals surface area contributed by atoms with Crippen LogP contribution in [0.25, 0.3) is 11.0 Å². The lowest BCUT2D eigenvalue weighted by Crippen LogP contribution is -2.54. The molecule has 1 spiro atoms. The van der Waals surface area contributed by atoms with Crippen LogP contribution in [0.2, 0.25) is 0 Å². The Labute approximate surface area is 201 Å². The van der Waals surface area contributed by atoms with Crippen LogP contribution in [0.4, 0.5) is 11.5 Å². The zero-order valence-corrected chi connectivity index (χ0v) is 19.9. The van der Waals surface area contributed by atoms with Gasteiger partial charge in [-0.25, -0.2) is 4.98 Å². The molecule has 2 amide bonds. The molecule has 0 saturated carbocycles. The molecule has 174 valence electrons. The van der Waals surface area contributed by atoms with E-state index in [4.69, 9.17) is 4.42 Å². The monoisotopic (exact) mass is 465 g/mol. The van der Waals surface area contributed by atoms with E-state index in [1.807, 2.05) is 52.0 Å². The van der Waals surface area contributed by atoms with Gasteiger partial charge >= 0.3 is 0 Å². The molecule has 7 nitrogen and oxygen atoms in total. The molecule has 2 aromatic heterocycles. The topological polar surface area (TPSA) is 83.7 Å². The number of pyridine rings is 1. The summed E-state index contributed by atoms with van der Waals surface area (Å²) in [6, 6.07) is 14.4. The van der Waals surface area contributed by atoms with Gasteiger partial charge in [0.1, 0.15) is 11.4 Å². The number of amides is 2. The van der Waals surface area contributed by atoms with Gasteiger partial charge in [0.05, 0.1) is 16.6 Å². The molecule has 1 atom stereocenters. The highest BCUT2D eigenvalue weighted by Crippen LogP contribution is 2.53. The fourth-order valence-corrected chi connectivity index (χ4v) is 5.42. The zero-order valence-electron chi connectivity index (χ0n) is 19.9. The van der Waals surface area contributed by atoms with E-state index in [1.165, 1.54) is 4.90 Å². The summed E-state index contributed by atoms with van der Waals surface area (Å²) in [6.45, 7) is 7.98. The molecule has 0 bridgehead atoms. The molecular weight excluding hydrogens is 442 g/mol. The summed E-state index contributed by atoms with van der Waals surface area (Å²) in [5, 5.41) is 0.346. The highest BCUT2D eigenvalue weighted by atomic mass is 16.3. The van der Waals surface area contributed by atoms with Crippen molar-refractivity contribution in [2.75, 3.05) is 16.3 Å². The fraction of sp³-hybridized carbons (Fsp3) is 0.214. The molecule has 0 saturated heterocycles. The average molecular weight is 466 g/mol. The highest BCUT2D eigenvalue weighted by Gasteiger charge is 2.65. The molecule has 2 aliphatic rings. The summed E-state index contributed by atoms with van der Waals surface area (Å²) >= 11 is 0. The van der Waals surface area contributed by atoms with Crippen molar-refractivity contribution in [2.24, 2.45) is 0 Å². The maximum absolute atomic E-state index is 14.3. The van der Waals surface area contributed by atoms with Crippen molar-refractivity contribution in [3.63, 3.8) is 0 Å². The van der Waals surface area contributed by atoms with E-state index in [0.29, 0.717) is 34.6 Å². The van der Waals surface area contributed by atoms with Gasteiger partial charge in [0, 0.05) is 18.3 Å². The van der Waals surface area contributed by atoms with Gasteiger partial charge in [0.15, 0.2) is 11.0 Å². The Kier molecular flexibility index (Phi) is 4.33. The summed E-state index contributed by atoms with van der Waals surface area (Å²) < 4.78 is 6.14. The minimum Gasteiger partial charge on any atom is -0.450 e. The molecule has 7 heteroatoms. The second kappa shape index (κ2) is 7.12. The van der Waals surface area contributed by atoms with E-state index >= 15 is 0 Å². The van der Waals surface area contributed by atoms with Crippen molar-refractivity contribution in [2.45, 2.75) is 33.2 Å². The predicted molar refractivity (Wildman–Crippen MR) is 133 cm³/mol. The summed E-state index contributed by atoms with van der Waals surface area (Å²) in [5.41, 5.74) is 2.26. The van der Waals surface area contributed by atoms with Gasteiger partial charge in [-0.3, -0.25) is 19.3 Å². The number of carbonyl (C=O) groups excluding carboxylic acids is 2. The second-order valence-electron chi connectivity index (χ2n) is 9.18. The largest absolute Gasteiger partial charge is 0.450 e. The van der Waals surface area contributed by atoms with Gasteiger partial charge in [-0.2, -0.15) is 0 Å². The predicted octanol–water partition coefficient (Wildman–Crippen LogP) is 4.38. The molecule has 2 aliphatic heterocycles. The van der Waals surface area contributed by atoms with Gasteiger partial charge in [-0.05, 0) is 74.7 Å². The lowest BCUT2D eigenvalue weighted by atomic mass is 9.83. The third-order valence-electron chi connectivity index (χ3n) is 7.19. The van der Waals surface area contributed by atoms with Crippen molar-refractivity contribution >= 4 is 34.3 Å². The van der Waals surface area contributed by atoms with Crippen molar-refractivity contribution < 1.29 is 14.0 Å². The Morgan fingerprint density at radius 1 is 0.971 bits per heavy atom. The van der Waals surface area contributed by atoms with Gasteiger partial charge in [-0.1, -0.05) is 18.2 Å². The molecule has 0 fully saturated rings. The van der Waals surface area contributed by atoms with E-state index < -0.39 is 11.4 Å². The first kappa shape index (κ1) is 21.3. The molecule has 1 unspecified atom stereocenters. The Bertz CT molecular complexity index is 1650. The van der Waals surface area contributed by atoms with Crippen LogP contribution < -0.4 is 15.2 Å². The molecule has 4 aromatic rings. The van der Waals surface area contributed by atoms with E-state index in [-0.39, 0.29) is 22.7 Å². The number of aryl methyl sites for hydroxylation is 3. The summed E-state index contributed by atoms with van der Waals surface area (Å²) in [6.07, 6.45) is 1.59. The Hall–Kier alpha value is -4.26. The van der Waals surface area contributed by atoms with E-state index in [2.05, 4.69) is 4.98 Å². The Morgan fingerprint density at radius 3 is 2.46 bits per heavy atom. The summed E-state index contributed by atoms with van der Waals surface area (Å²) in [4.78, 5) is 50.0. The van der Waals surface area contributed by atoms with Crippen LogP contribution in [0.1, 0.15) is 45.3 Å². The molecule has 6 rings (SSSR count). The van der Waals surface area contributed by atoms with Crippen LogP contribution in [0.15, 0.2) is 63.9 Å². The third-order valence-corrected chi connectivity index (χ3v) is 7.19. The number of para-hydroxylation sites is 1. The third kappa shape index (κ3) is 2.55. The van der Waals surface area contributed by atoms with Gasteiger partial charge in [0.25, 0.3) is 11.8 Å². The lowest BCUT2D eigenvalue weighted by molar-refractivity contribution is -0.121. The number of anilines is 2. The zero-order chi connectivity index (χ0) is 24.6. The first-order valence-corrected chi connectivity index (χ1v) is 11.6.